The minimum atomic E-state index is -1.97. The minimum Gasteiger partial charge on any atom is -0.507 e. The van der Waals surface area contributed by atoms with Gasteiger partial charge < -0.3 is 78.3 Å². The van der Waals surface area contributed by atoms with Crippen LogP contribution in [0.15, 0.2) is 59.3 Å². The zero-order valence-electron chi connectivity index (χ0n) is 51.6. The molecule has 3 heterocycles. The van der Waals surface area contributed by atoms with Gasteiger partial charge in [0.1, 0.15) is 29.7 Å². The van der Waals surface area contributed by atoms with Crippen molar-refractivity contribution in [2.24, 2.45) is 34.7 Å². The molecule has 84 heavy (non-hydrogen) atoms. The second kappa shape index (κ2) is 29.8. The molecule has 0 amide bonds. The minimum absolute atomic E-state index is 0.0138. The first-order valence-electron chi connectivity index (χ1n) is 29.7. The van der Waals surface area contributed by atoms with Crippen LogP contribution in [0.4, 0.5) is 0 Å². The van der Waals surface area contributed by atoms with Crippen molar-refractivity contribution >= 4 is 40.6 Å². The summed E-state index contributed by atoms with van der Waals surface area (Å²) in [6.45, 7) is 17.3. The average Bonchev–Trinajstić information content (AvgIpc) is 3.66. The van der Waals surface area contributed by atoms with Gasteiger partial charge in [-0.15, -0.1) is 0 Å². The van der Waals surface area contributed by atoms with Gasteiger partial charge in [-0.1, -0.05) is 80.8 Å². The Kier molecular flexibility index (Phi) is 24.5. The number of allylic oxidation sites excluding steroid dienone is 1. The van der Waals surface area contributed by atoms with Gasteiger partial charge >= 0.3 is 5.97 Å². The van der Waals surface area contributed by atoms with Gasteiger partial charge in [0.05, 0.1) is 66.6 Å². The molecule has 1 saturated carbocycles. The van der Waals surface area contributed by atoms with E-state index in [4.69, 9.17) is 54.3 Å². The Morgan fingerprint density at radius 1 is 0.786 bits per heavy atom. The maximum Gasteiger partial charge on any atom is 0.311 e. The van der Waals surface area contributed by atoms with Gasteiger partial charge in [0, 0.05) is 66.2 Å². The van der Waals surface area contributed by atoms with Gasteiger partial charge in [-0.05, 0) is 130 Å². The number of carbonyl (C=O) groups excluding carboxylic acids is 3. The van der Waals surface area contributed by atoms with E-state index in [9.17, 15) is 45.0 Å². The van der Waals surface area contributed by atoms with E-state index in [0.29, 0.717) is 41.4 Å². The Hall–Kier alpha value is -3.97. The number of fused-ring (bicyclic) bond motifs is 1. The average molecular weight is 1200 g/mol. The lowest BCUT2D eigenvalue weighted by Crippen LogP contribution is -2.61. The molecule has 8 unspecified atom stereocenters. The number of oxime groups is 1. The molecule has 2 aromatic rings. The summed E-state index contributed by atoms with van der Waals surface area (Å²) >= 11 is 5.96. The number of cyclic esters (lactones) is 1. The summed E-state index contributed by atoms with van der Waals surface area (Å²) < 4.78 is 48.1. The van der Waals surface area contributed by atoms with Crippen LogP contribution in [-0.4, -0.2) is 191 Å². The number of likely N-dealkylation sites (N-methyl/N-ethyl adjacent to an activating group) is 1. The number of ether oxygens (including phenoxy) is 8. The molecule has 0 spiro atoms. The Labute approximate surface area is 501 Å². The Balaban J connectivity index is 0.000000357. The van der Waals surface area contributed by atoms with Crippen LogP contribution in [0.25, 0.3) is 5.76 Å². The summed E-state index contributed by atoms with van der Waals surface area (Å²) in [5.41, 5.74) is -2.15. The lowest BCUT2D eigenvalue weighted by atomic mass is 9.72. The molecule has 21 heteroatoms. The molecule has 6 N–H and O–H groups in total. The van der Waals surface area contributed by atoms with E-state index in [1.807, 2.05) is 45.0 Å². The normalized spacial score (nSPS) is 38.8. The molecule has 7 rings (SSSR count). The van der Waals surface area contributed by atoms with Crippen LogP contribution in [-0.2, 0) is 52.3 Å². The third kappa shape index (κ3) is 16.0. The van der Waals surface area contributed by atoms with Crippen molar-refractivity contribution in [3.8, 4) is 0 Å². The largest absolute Gasteiger partial charge is 0.507 e. The zero-order valence-corrected chi connectivity index (χ0v) is 52.3. The molecule has 4 fully saturated rings. The van der Waals surface area contributed by atoms with E-state index in [-0.39, 0.29) is 56.5 Å². The van der Waals surface area contributed by atoms with Gasteiger partial charge in [-0.25, -0.2) is 0 Å². The summed E-state index contributed by atoms with van der Waals surface area (Å²) in [7, 11) is 6.76. The summed E-state index contributed by atoms with van der Waals surface area (Å²) in [4.78, 5) is 46.8. The summed E-state index contributed by atoms with van der Waals surface area (Å²) in [5.74, 6) is -4.85. The number of carbonyl (C=O) groups is 3. The third-order valence-electron chi connectivity index (χ3n) is 18.2. The van der Waals surface area contributed by atoms with Crippen LogP contribution in [0.5, 0.6) is 0 Å². The lowest BCUT2D eigenvalue weighted by Gasteiger charge is -2.49. The fourth-order valence-electron chi connectivity index (χ4n) is 13.1. The number of ketones is 2. The molecule has 5 aliphatic rings. The first-order valence-corrected chi connectivity index (χ1v) is 30.1. The van der Waals surface area contributed by atoms with Crippen molar-refractivity contribution in [2.45, 2.75) is 211 Å². The Morgan fingerprint density at radius 2 is 1.42 bits per heavy atom. The van der Waals surface area contributed by atoms with Crippen LogP contribution < -0.4 is 0 Å². The van der Waals surface area contributed by atoms with Gasteiger partial charge in [0.2, 0.25) is 18.4 Å². The predicted octanol–water partition coefficient (Wildman–Crippen LogP) is 7.56. The molecule has 3 aliphatic heterocycles. The van der Waals surface area contributed by atoms with E-state index in [1.54, 1.807) is 79.8 Å². The highest BCUT2D eigenvalue weighted by Crippen LogP contribution is 2.44. The van der Waals surface area contributed by atoms with Crippen molar-refractivity contribution in [3.05, 3.63) is 75.8 Å². The number of hydrogen-bond acceptors (Lipinski definition) is 20. The van der Waals surface area contributed by atoms with Crippen LogP contribution in [0, 0.1) is 29.6 Å². The van der Waals surface area contributed by atoms with Gasteiger partial charge in [0.15, 0.2) is 12.6 Å². The number of benzene rings is 2. The van der Waals surface area contributed by atoms with E-state index in [2.05, 4.69) is 17.3 Å². The number of aliphatic hydroxyl groups excluding tert-OH is 4. The smallest absolute Gasteiger partial charge is 0.311 e. The molecule has 472 valence electrons. The Morgan fingerprint density at radius 3 is 2.02 bits per heavy atom. The summed E-state index contributed by atoms with van der Waals surface area (Å²) in [5, 5.41) is 74.9. The number of Topliss-reactive ketones (excluding diaryl/α,β-unsaturated/α-hetero) is 2. The highest BCUT2D eigenvalue weighted by Gasteiger charge is 2.54. The zero-order chi connectivity index (χ0) is 62.2. The lowest BCUT2D eigenvalue weighted by molar-refractivity contribution is -0.317. The topological polar surface area (TPSA) is 271 Å². The molecule has 2 aromatic carbocycles. The summed E-state index contributed by atoms with van der Waals surface area (Å²) in [6.07, 6.45) is -6.08. The van der Waals surface area contributed by atoms with Gasteiger partial charge in [0.25, 0.3) is 0 Å². The molecule has 3 saturated heterocycles. The van der Waals surface area contributed by atoms with Gasteiger partial charge in [-0.2, -0.15) is 0 Å². The standard InChI is InChI=1S/C41H76N2O15.C22H19ClO3/c1-15-29-41(10,49)34(45)24(4)31(42-53-21-52-17-16-50-13)22(2)19-39(8,48)36(58-38-32(44)28(43(11)12)18-23(3)54-38)25(5)33(26(6)37(47)56-29)57-30-20-40(9,51-14)35(46)27(7)55-30;23-16-11-9-14(10-12-16)13-5-7-15(8-6-13)19-20(24)17-3-1-2-4-18(17)21(25)22(19)26/h22-30,32-36,38,44-46,48-49H,15-21H2,1-14H3;1-4,9-13,15,24H,5-8H2/b42-31+;/t22-,23?,24+,25+,26-,27?,28?,29-,30?,32?,33+,34-,35?,36-,38?,39-,40?,41-;/m1./s1. The highest BCUT2D eigenvalue weighted by molar-refractivity contribution is 6.52. The molecule has 0 radical (unpaired) electrons. The number of nitrogens with zero attached hydrogens (tertiary/aromatic N) is 2. The maximum atomic E-state index is 14.3. The molecule has 2 aliphatic carbocycles. The molecule has 0 bridgehead atoms. The molecule has 0 aromatic heterocycles. The fraction of sp³-hybridized carbons (Fsp3) is 0.714. The first kappa shape index (κ1) is 69.1. The Bertz CT molecular complexity index is 2550. The van der Waals surface area contributed by atoms with Crippen molar-refractivity contribution in [1.29, 1.82) is 0 Å². The predicted molar refractivity (Wildman–Crippen MR) is 314 cm³/mol. The fourth-order valence-corrected chi connectivity index (χ4v) is 13.3. The summed E-state index contributed by atoms with van der Waals surface area (Å²) in [6, 6.07) is 14.4. The number of esters is 1. The molecular weight excluding hydrogens is 1110 g/mol. The third-order valence-corrected chi connectivity index (χ3v) is 18.5. The first-order chi connectivity index (χ1) is 39.5. The second-order valence-electron chi connectivity index (χ2n) is 24.8. The quantitative estimate of drug-likeness (QED) is 0.0330. The van der Waals surface area contributed by atoms with E-state index in [1.165, 1.54) is 19.6 Å². The number of methoxy groups -OCH3 is 2. The van der Waals surface area contributed by atoms with Crippen LogP contribution in [0.3, 0.4) is 0 Å². The second-order valence-corrected chi connectivity index (χ2v) is 25.2. The molecular formula is C63H95ClN2O18. The number of aliphatic hydroxyl groups is 6. The molecule has 20 nitrogen and oxygen atoms in total. The van der Waals surface area contributed by atoms with E-state index < -0.39 is 113 Å². The van der Waals surface area contributed by atoms with E-state index in [0.717, 1.165) is 30.7 Å². The number of halogens is 1. The SMILES string of the molecule is CC[C@H]1OC(=O)[C@H](C)[C@@H](OC2CC(C)(OC)C(O)C(C)O2)[C@H](C)[C@@H](OC2OC(C)CC(N(C)C)C2O)[C@](C)(O)C[C@@H](C)/C(=N\OCOCCOC)[C@H](C)[C@@H](O)[C@]1(C)O.O=C1C(=O)c2ccccc2C(O)=C1C1CCC(c2ccc(Cl)cc2)CC1. The van der Waals surface area contributed by atoms with Crippen LogP contribution >= 0.6 is 11.6 Å². The van der Waals surface area contributed by atoms with Crippen LogP contribution in [0.2, 0.25) is 5.02 Å². The number of rotatable bonds is 15. The van der Waals surface area contributed by atoms with Crippen molar-refractivity contribution in [2.75, 3.05) is 48.3 Å². The van der Waals surface area contributed by atoms with Crippen LogP contribution in [0.1, 0.15) is 148 Å². The van der Waals surface area contributed by atoms with Crippen molar-refractivity contribution < 1.29 is 87.8 Å². The monoisotopic (exact) mass is 1200 g/mol. The van der Waals surface area contributed by atoms with Gasteiger partial charge in [-0.3, -0.25) is 14.4 Å². The van der Waals surface area contributed by atoms with Crippen molar-refractivity contribution in [1.82, 2.24) is 4.90 Å². The van der Waals surface area contributed by atoms with E-state index >= 15 is 0 Å². The number of hydrogen-bond donors (Lipinski definition) is 6. The highest BCUT2D eigenvalue weighted by atomic mass is 35.5. The maximum absolute atomic E-state index is 14.3. The molecule has 18 atom stereocenters. The van der Waals surface area contributed by atoms with Crippen molar-refractivity contribution in [3.63, 3.8) is 0 Å².